The van der Waals surface area contributed by atoms with Gasteiger partial charge in [-0.05, 0) is 43.3 Å². The van der Waals surface area contributed by atoms with E-state index >= 15 is 0 Å². The molecular weight excluding hydrogens is 266 g/mol. The van der Waals surface area contributed by atoms with E-state index in [1.54, 1.807) is 30.6 Å². The average Bonchev–Trinajstić information content (AvgIpc) is 3.02. The molecule has 3 aromatic rings. The highest BCUT2D eigenvalue weighted by Gasteiger charge is 2.07. The van der Waals surface area contributed by atoms with Gasteiger partial charge in [0.25, 0.3) is 5.91 Å². The highest BCUT2D eigenvalue weighted by molar-refractivity contribution is 6.02. The third-order valence-electron chi connectivity index (χ3n) is 2.90. The Morgan fingerprint density at radius 2 is 1.76 bits per heavy atom. The predicted molar refractivity (Wildman–Crippen MR) is 78.3 cm³/mol. The molecule has 0 saturated carbocycles. The molecule has 0 radical (unpaired) electrons. The fourth-order valence-corrected chi connectivity index (χ4v) is 1.89. The fraction of sp³-hybridized carbons (Fsp3) is 0.0667. The number of pyridine rings is 1. The summed E-state index contributed by atoms with van der Waals surface area (Å²) in [6, 6.07) is 12.6. The number of nitrogens with one attached hydrogen (secondary N) is 1. The van der Waals surface area contributed by atoms with E-state index in [9.17, 15) is 4.79 Å². The van der Waals surface area contributed by atoms with E-state index in [0.717, 1.165) is 11.4 Å². The maximum absolute atomic E-state index is 12.1. The molecule has 1 aromatic carbocycles. The van der Waals surface area contributed by atoms with E-state index in [0.29, 0.717) is 11.4 Å². The average molecular weight is 279 g/mol. The Morgan fingerprint density at radius 1 is 1.05 bits per heavy atom. The van der Waals surface area contributed by atoms with Crippen molar-refractivity contribution in [2.75, 3.05) is 5.32 Å². The summed E-state index contributed by atoms with van der Waals surface area (Å²) >= 11 is 0. The molecule has 0 bridgehead atoms. The lowest BCUT2D eigenvalue weighted by Crippen LogP contribution is -2.14. The van der Waals surface area contributed by atoms with Crippen molar-refractivity contribution in [2.24, 2.45) is 0 Å². The largest absolute Gasteiger partial charge is 0.321 e. The number of aromatic nitrogens is 4. The van der Waals surface area contributed by atoms with Crippen LogP contribution in [0.3, 0.4) is 0 Å². The van der Waals surface area contributed by atoms with Gasteiger partial charge in [0.2, 0.25) is 0 Å². The lowest BCUT2D eigenvalue weighted by atomic mass is 10.2. The van der Waals surface area contributed by atoms with E-state index in [4.69, 9.17) is 0 Å². The first-order chi connectivity index (χ1) is 10.2. The number of carbonyl (C=O) groups excluding carboxylic acids is 1. The highest BCUT2D eigenvalue weighted by atomic mass is 16.1. The summed E-state index contributed by atoms with van der Waals surface area (Å²) in [5.41, 5.74) is 2.72. The molecule has 0 saturated heterocycles. The smallest absolute Gasteiger partial charge is 0.274 e. The molecule has 0 atom stereocenters. The van der Waals surface area contributed by atoms with Crippen molar-refractivity contribution in [3.63, 3.8) is 0 Å². The minimum Gasteiger partial charge on any atom is -0.321 e. The number of benzene rings is 1. The first-order valence-corrected chi connectivity index (χ1v) is 6.44. The molecule has 3 rings (SSSR count). The van der Waals surface area contributed by atoms with Crippen molar-refractivity contribution in [3.8, 4) is 5.69 Å². The van der Waals surface area contributed by atoms with Gasteiger partial charge in [-0.1, -0.05) is 6.07 Å². The Bertz CT molecular complexity index is 750. The lowest BCUT2D eigenvalue weighted by Gasteiger charge is -2.06. The van der Waals surface area contributed by atoms with E-state index in [1.807, 2.05) is 31.2 Å². The Balaban J connectivity index is 1.75. The van der Waals surface area contributed by atoms with Gasteiger partial charge >= 0.3 is 0 Å². The molecule has 0 unspecified atom stereocenters. The summed E-state index contributed by atoms with van der Waals surface area (Å²) in [6.45, 7) is 1.85. The van der Waals surface area contributed by atoms with Crippen molar-refractivity contribution in [3.05, 3.63) is 66.2 Å². The molecule has 104 valence electrons. The summed E-state index contributed by atoms with van der Waals surface area (Å²) in [6.07, 6.45) is 3.22. The summed E-state index contributed by atoms with van der Waals surface area (Å²) in [7, 11) is 0. The molecule has 1 N–H and O–H groups in total. The Hall–Kier alpha value is -3.02. The normalized spacial score (nSPS) is 10.3. The topological polar surface area (TPSA) is 72.7 Å². The number of nitrogens with zero attached hydrogens (tertiary/aromatic N) is 4. The summed E-state index contributed by atoms with van der Waals surface area (Å²) < 4.78 is 0. The van der Waals surface area contributed by atoms with E-state index in [2.05, 4.69) is 20.5 Å². The van der Waals surface area contributed by atoms with E-state index in [1.165, 1.54) is 4.80 Å². The highest BCUT2D eigenvalue weighted by Crippen LogP contribution is 2.12. The molecule has 0 aliphatic rings. The summed E-state index contributed by atoms with van der Waals surface area (Å²) in [5.74, 6) is -0.233. The minimum atomic E-state index is -0.233. The van der Waals surface area contributed by atoms with Gasteiger partial charge in [0.15, 0.2) is 0 Å². The third kappa shape index (κ3) is 2.94. The fourth-order valence-electron chi connectivity index (χ4n) is 1.89. The first-order valence-electron chi connectivity index (χ1n) is 6.44. The molecule has 0 aliphatic heterocycles. The molecule has 2 aromatic heterocycles. The molecule has 21 heavy (non-hydrogen) atoms. The second-order valence-electron chi connectivity index (χ2n) is 4.48. The number of anilines is 1. The zero-order chi connectivity index (χ0) is 14.7. The lowest BCUT2D eigenvalue weighted by molar-refractivity contribution is 0.102. The zero-order valence-electron chi connectivity index (χ0n) is 11.4. The van der Waals surface area contributed by atoms with Crippen molar-refractivity contribution in [1.82, 2.24) is 20.0 Å². The number of carbonyl (C=O) groups is 1. The number of rotatable bonds is 3. The summed E-state index contributed by atoms with van der Waals surface area (Å²) in [5, 5.41) is 10.9. The zero-order valence-corrected chi connectivity index (χ0v) is 11.4. The number of amides is 1. The monoisotopic (exact) mass is 279 g/mol. The SMILES string of the molecule is Cc1cccc(C(=O)Nc2ccc(-n3nccn3)cc2)n1. The molecule has 1 amide bonds. The standard InChI is InChI=1S/C15H13N5O/c1-11-3-2-4-14(18-11)15(21)19-12-5-7-13(8-6-12)20-16-9-10-17-20/h2-10H,1H3,(H,19,21). The Labute approximate surface area is 121 Å². The first kappa shape index (κ1) is 13.0. The van der Waals surface area contributed by atoms with Crippen LogP contribution in [-0.2, 0) is 0 Å². The molecular formula is C15H13N5O. The van der Waals surface area contributed by atoms with Gasteiger partial charge in [0, 0.05) is 11.4 Å². The molecule has 0 spiro atoms. The van der Waals surface area contributed by atoms with Crippen molar-refractivity contribution in [1.29, 1.82) is 0 Å². The summed E-state index contributed by atoms with van der Waals surface area (Å²) in [4.78, 5) is 17.8. The second-order valence-corrected chi connectivity index (χ2v) is 4.48. The van der Waals surface area contributed by atoms with Gasteiger partial charge in [0.05, 0.1) is 18.1 Å². The molecule has 2 heterocycles. The van der Waals surface area contributed by atoms with Crippen LogP contribution in [-0.4, -0.2) is 25.9 Å². The van der Waals surface area contributed by atoms with Crippen LogP contribution < -0.4 is 5.32 Å². The third-order valence-corrected chi connectivity index (χ3v) is 2.90. The van der Waals surface area contributed by atoms with Crippen LogP contribution in [0.25, 0.3) is 5.69 Å². The molecule has 6 heteroatoms. The van der Waals surface area contributed by atoms with Crippen molar-refractivity contribution < 1.29 is 4.79 Å². The predicted octanol–water partition coefficient (Wildman–Crippen LogP) is 2.22. The van der Waals surface area contributed by atoms with Crippen LogP contribution in [0.15, 0.2) is 54.9 Å². The van der Waals surface area contributed by atoms with E-state index in [-0.39, 0.29) is 5.91 Å². The van der Waals surface area contributed by atoms with Crippen molar-refractivity contribution >= 4 is 11.6 Å². The van der Waals surface area contributed by atoms with Gasteiger partial charge < -0.3 is 5.32 Å². The molecule has 0 aliphatic carbocycles. The van der Waals surface area contributed by atoms with Crippen molar-refractivity contribution in [2.45, 2.75) is 6.92 Å². The van der Waals surface area contributed by atoms with Gasteiger partial charge in [-0.25, -0.2) is 4.98 Å². The van der Waals surface area contributed by atoms with Crippen LogP contribution in [0, 0.1) is 6.92 Å². The number of hydrogen-bond donors (Lipinski definition) is 1. The van der Waals surface area contributed by atoms with Gasteiger partial charge in [-0.15, -0.1) is 0 Å². The van der Waals surface area contributed by atoms with Crippen LogP contribution in [0.5, 0.6) is 0 Å². The number of aryl methyl sites for hydroxylation is 1. The number of hydrogen-bond acceptors (Lipinski definition) is 4. The quantitative estimate of drug-likeness (QED) is 0.798. The Kier molecular flexibility index (Phi) is 3.42. The second kappa shape index (κ2) is 5.54. The Morgan fingerprint density at radius 3 is 2.43 bits per heavy atom. The van der Waals surface area contributed by atoms with E-state index < -0.39 is 0 Å². The maximum Gasteiger partial charge on any atom is 0.274 e. The van der Waals surface area contributed by atoms with Crippen LogP contribution in [0.1, 0.15) is 16.2 Å². The van der Waals surface area contributed by atoms with Gasteiger partial charge in [-0.2, -0.15) is 15.0 Å². The van der Waals surface area contributed by atoms with Crippen LogP contribution >= 0.6 is 0 Å². The maximum atomic E-state index is 12.1. The minimum absolute atomic E-state index is 0.233. The van der Waals surface area contributed by atoms with Gasteiger partial charge in [-0.3, -0.25) is 4.79 Å². The van der Waals surface area contributed by atoms with Crippen LogP contribution in [0.4, 0.5) is 5.69 Å². The molecule has 6 nitrogen and oxygen atoms in total. The van der Waals surface area contributed by atoms with Crippen LogP contribution in [0.2, 0.25) is 0 Å². The van der Waals surface area contributed by atoms with Gasteiger partial charge in [0.1, 0.15) is 5.69 Å². The molecule has 0 fully saturated rings.